The molecule has 1 fully saturated rings. The number of aromatic nitrogens is 4. The van der Waals surface area contributed by atoms with Gasteiger partial charge in [-0.1, -0.05) is 12.1 Å². The molecule has 4 aromatic rings. The summed E-state index contributed by atoms with van der Waals surface area (Å²) in [6.45, 7) is 7.01. The molecule has 0 spiro atoms. The lowest BCUT2D eigenvalue weighted by molar-refractivity contribution is -0.129. The van der Waals surface area contributed by atoms with Crippen LogP contribution in [0.5, 0.6) is 5.75 Å². The highest BCUT2D eigenvalue weighted by atomic mass is 35.5. The quantitative estimate of drug-likeness (QED) is 0.270. The molecule has 10 heteroatoms. The summed E-state index contributed by atoms with van der Waals surface area (Å²) < 4.78 is 12.5. The molecule has 1 N–H and O–H groups in total. The Morgan fingerprint density at radius 2 is 1.84 bits per heavy atom. The maximum atomic E-state index is 12.5. The van der Waals surface area contributed by atoms with Crippen LogP contribution in [-0.2, 0) is 16.1 Å². The van der Waals surface area contributed by atoms with Crippen LogP contribution in [0.1, 0.15) is 22.3 Å². The summed E-state index contributed by atoms with van der Waals surface area (Å²) in [5.41, 5.74) is 6.20. The van der Waals surface area contributed by atoms with Gasteiger partial charge in [-0.25, -0.2) is 4.98 Å². The first-order valence-corrected chi connectivity index (χ1v) is 12.7. The molecule has 0 aliphatic carbocycles. The topological polar surface area (TPSA) is 94.4 Å². The second-order valence-corrected chi connectivity index (χ2v) is 9.50. The smallest absolute Gasteiger partial charge is 0.246 e. The van der Waals surface area contributed by atoms with Gasteiger partial charge in [-0.3, -0.25) is 4.79 Å². The Bertz CT molecular complexity index is 1470. The minimum atomic E-state index is -0.00551. The Labute approximate surface area is 226 Å². The molecule has 3 heterocycles. The van der Waals surface area contributed by atoms with Crippen molar-refractivity contribution in [3.63, 3.8) is 0 Å². The van der Waals surface area contributed by atoms with Crippen LogP contribution < -0.4 is 10.1 Å². The van der Waals surface area contributed by atoms with E-state index in [2.05, 4.69) is 20.3 Å². The third-order valence-corrected chi connectivity index (χ3v) is 6.66. The van der Waals surface area contributed by atoms with Gasteiger partial charge < -0.3 is 24.3 Å². The van der Waals surface area contributed by atoms with Crippen LogP contribution in [0.15, 0.2) is 48.8 Å². The lowest BCUT2D eigenvalue weighted by Gasteiger charge is -2.25. The van der Waals surface area contributed by atoms with Crippen molar-refractivity contribution in [1.29, 1.82) is 0 Å². The number of hydrogen-bond donors (Lipinski definition) is 1. The minimum absolute atomic E-state index is 0.00551. The van der Waals surface area contributed by atoms with Crippen LogP contribution in [0.3, 0.4) is 0 Å². The van der Waals surface area contributed by atoms with Crippen LogP contribution in [-0.4, -0.2) is 63.7 Å². The van der Waals surface area contributed by atoms with E-state index in [4.69, 9.17) is 21.1 Å². The van der Waals surface area contributed by atoms with E-state index in [9.17, 15) is 4.79 Å². The molecule has 1 saturated heterocycles. The normalized spacial score (nSPS) is 13.8. The molecular weight excluding hydrogens is 504 g/mol. The number of halogens is 1. The zero-order valence-electron chi connectivity index (χ0n) is 21.6. The summed E-state index contributed by atoms with van der Waals surface area (Å²) in [4.78, 5) is 27.7. The van der Waals surface area contributed by atoms with Crippen molar-refractivity contribution in [1.82, 2.24) is 24.4 Å². The number of hydrogen-bond acceptors (Lipinski definition) is 7. The maximum Gasteiger partial charge on any atom is 0.246 e. The molecule has 0 bridgehead atoms. The van der Waals surface area contributed by atoms with E-state index in [1.54, 1.807) is 24.4 Å². The first-order chi connectivity index (χ1) is 18.4. The molecule has 0 unspecified atom stereocenters. The summed E-state index contributed by atoms with van der Waals surface area (Å²) in [6.07, 6.45) is 5.21. The molecule has 0 saturated carbocycles. The molecule has 0 radical (unpaired) electrons. The molecule has 0 atom stereocenters. The number of carbonyl (C=O) groups excluding carboxylic acids is 1. The fraction of sp³-hybridized carbons (Fsp3) is 0.286. The molecule has 1 aliphatic rings. The van der Waals surface area contributed by atoms with Crippen molar-refractivity contribution in [2.24, 2.45) is 0 Å². The Balaban J connectivity index is 1.37. The summed E-state index contributed by atoms with van der Waals surface area (Å²) in [7, 11) is 1.65. The average Bonchev–Trinajstić information content (AvgIpc) is 3.32. The summed E-state index contributed by atoms with van der Waals surface area (Å²) in [6, 6.07) is 11.9. The highest BCUT2D eigenvalue weighted by Crippen LogP contribution is 2.30. The number of methoxy groups -OCH3 is 1. The van der Waals surface area contributed by atoms with E-state index < -0.39 is 0 Å². The monoisotopic (exact) mass is 532 g/mol. The number of ether oxygens (including phenoxy) is 2. The van der Waals surface area contributed by atoms with E-state index in [0.717, 1.165) is 33.7 Å². The number of imidazole rings is 1. The molecule has 38 heavy (non-hydrogen) atoms. The predicted octanol–water partition coefficient (Wildman–Crippen LogP) is 4.77. The van der Waals surface area contributed by atoms with Crippen LogP contribution >= 0.6 is 11.6 Å². The van der Waals surface area contributed by atoms with Gasteiger partial charge >= 0.3 is 0 Å². The largest absolute Gasteiger partial charge is 0.497 e. The second-order valence-electron chi connectivity index (χ2n) is 9.16. The molecule has 9 nitrogen and oxygen atoms in total. The number of benzene rings is 2. The van der Waals surface area contributed by atoms with E-state index in [1.165, 1.54) is 0 Å². The second kappa shape index (κ2) is 11.2. The number of amides is 1. The summed E-state index contributed by atoms with van der Waals surface area (Å²) >= 11 is 6.33. The Morgan fingerprint density at radius 3 is 2.53 bits per heavy atom. The van der Waals surface area contributed by atoms with Gasteiger partial charge in [0.25, 0.3) is 0 Å². The Kier molecular flexibility index (Phi) is 7.57. The zero-order valence-corrected chi connectivity index (χ0v) is 22.3. The number of fused-ring (bicyclic) bond motifs is 1. The summed E-state index contributed by atoms with van der Waals surface area (Å²) in [5, 5.41) is 3.55. The number of nitrogens with zero attached hydrogens (tertiary/aromatic N) is 5. The zero-order chi connectivity index (χ0) is 26.6. The molecule has 2 aromatic carbocycles. The molecular formula is C28H29ClN6O3. The highest BCUT2D eigenvalue weighted by molar-refractivity contribution is 6.28. The first kappa shape index (κ1) is 25.7. The number of aryl methyl sites for hydroxylation is 2. The van der Waals surface area contributed by atoms with Crippen molar-refractivity contribution >= 4 is 46.3 Å². The van der Waals surface area contributed by atoms with Crippen LogP contribution in [0.4, 0.5) is 11.5 Å². The number of carbonyl (C=O) groups is 1. The first-order valence-electron chi connectivity index (χ1n) is 12.4. The third kappa shape index (κ3) is 5.64. The van der Waals surface area contributed by atoms with Gasteiger partial charge in [0.15, 0.2) is 17.0 Å². The maximum absolute atomic E-state index is 12.5. The standard InChI is InChI=1S/C28H29ClN6O3/c1-18-14-21(6-9-23(36)34-10-12-38-13-11-34)15-19(2)24(18)31-26-25-27(33-28(29)32-26)35(17-30-25)16-20-4-7-22(37-3)8-5-20/h4-9,14-15,17H,10-13,16H2,1-3H3,(H,31,32,33)/b9-6+. The SMILES string of the molecule is COc1ccc(Cn2cnc3c(Nc4c(C)cc(/C=C/C(=O)N5CCOCC5)cc4C)nc(Cl)nc32)cc1. The van der Waals surface area contributed by atoms with Crippen molar-refractivity contribution in [3.8, 4) is 5.75 Å². The van der Waals surface area contributed by atoms with E-state index in [-0.39, 0.29) is 11.2 Å². The van der Waals surface area contributed by atoms with Gasteiger partial charge in [0.05, 0.1) is 33.2 Å². The van der Waals surface area contributed by atoms with Gasteiger partial charge in [-0.2, -0.15) is 9.97 Å². The lowest BCUT2D eigenvalue weighted by atomic mass is 10.0. The number of nitrogens with one attached hydrogen (secondary N) is 1. The van der Waals surface area contributed by atoms with Crippen molar-refractivity contribution in [2.45, 2.75) is 20.4 Å². The minimum Gasteiger partial charge on any atom is -0.497 e. The van der Waals surface area contributed by atoms with Gasteiger partial charge in [0, 0.05) is 24.9 Å². The van der Waals surface area contributed by atoms with Crippen LogP contribution in [0, 0.1) is 13.8 Å². The van der Waals surface area contributed by atoms with E-state index in [1.807, 2.05) is 60.9 Å². The summed E-state index contributed by atoms with van der Waals surface area (Å²) in [5.74, 6) is 1.33. The third-order valence-electron chi connectivity index (χ3n) is 6.49. The molecule has 196 valence electrons. The molecule has 2 aromatic heterocycles. The van der Waals surface area contributed by atoms with Crippen LogP contribution in [0.2, 0.25) is 5.28 Å². The van der Waals surface area contributed by atoms with E-state index in [0.29, 0.717) is 49.8 Å². The van der Waals surface area contributed by atoms with Crippen LogP contribution in [0.25, 0.3) is 17.2 Å². The fourth-order valence-corrected chi connectivity index (χ4v) is 4.68. The molecule has 1 amide bonds. The van der Waals surface area contributed by atoms with Gasteiger partial charge in [0.2, 0.25) is 11.2 Å². The average molecular weight is 533 g/mol. The Morgan fingerprint density at radius 1 is 1.13 bits per heavy atom. The van der Waals surface area contributed by atoms with Gasteiger partial charge in [-0.05, 0) is 78.0 Å². The molecule has 5 rings (SSSR count). The number of anilines is 2. The highest BCUT2D eigenvalue weighted by Gasteiger charge is 2.16. The van der Waals surface area contributed by atoms with E-state index >= 15 is 0 Å². The lowest BCUT2D eigenvalue weighted by Crippen LogP contribution is -2.39. The van der Waals surface area contributed by atoms with Gasteiger partial charge in [-0.15, -0.1) is 0 Å². The Hall–Kier alpha value is -3.95. The number of rotatable bonds is 7. The van der Waals surface area contributed by atoms with Crippen molar-refractivity contribution < 1.29 is 14.3 Å². The molecule has 1 aliphatic heterocycles. The van der Waals surface area contributed by atoms with Crippen molar-refractivity contribution in [3.05, 3.63) is 76.3 Å². The fourth-order valence-electron chi connectivity index (χ4n) is 4.51. The van der Waals surface area contributed by atoms with Crippen molar-refractivity contribution in [2.75, 3.05) is 38.7 Å². The van der Waals surface area contributed by atoms with Gasteiger partial charge in [0.1, 0.15) is 5.75 Å². The predicted molar refractivity (Wildman–Crippen MR) is 148 cm³/mol. The number of morpholine rings is 1.